The second-order valence-corrected chi connectivity index (χ2v) is 0. The maximum absolute atomic E-state index is 0. The van der Waals surface area contributed by atoms with Crippen LogP contribution in [0.25, 0.3) is 0 Å². The molecule has 0 amide bonds. The summed E-state index contributed by atoms with van der Waals surface area (Å²) in [7, 11) is 0. The Hall–Kier alpha value is 1.18. The maximum Gasteiger partial charge on any atom is 0 e. The van der Waals surface area contributed by atoms with Gasteiger partial charge in [-0.2, -0.15) is 0 Å². The van der Waals surface area contributed by atoms with E-state index in [9.17, 15) is 0 Å². The van der Waals surface area contributed by atoms with Gasteiger partial charge in [0.1, 0.15) is 0 Å². The minimum atomic E-state index is 0. The van der Waals surface area contributed by atoms with Crippen LogP contribution >= 0.6 is 0 Å². The normalized spacial score (nSPS) is 0. The molecule has 2 radical (unpaired) electrons. The second kappa shape index (κ2) is 30.4. The largest absolute Gasteiger partial charge is 0.412 e. The Morgan fingerprint density at radius 1 is 0.750 bits per heavy atom. The predicted octanol–water partition coefficient (Wildman–Crippen LogP) is -1.65. The van der Waals surface area contributed by atoms with Gasteiger partial charge >= 0.3 is 0 Å². The first-order chi connectivity index (χ1) is 0. The molecule has 0 aliphatic rings. The second-order valence-electron chi connectivity index (χ2n) is 0. The summed E-state index contributed by atoms with van der Waals surface area (Å²) in [5.74, 6) is 0. The van der Waals surface area contributed by atoms with E-state index in [-0.39, 0.29) is 50.4 Å². The Labute approximate surface area is 50.6 Å². The Morgan fingerprint density at radius 2 is 0.750 bits per heavy atom. The van der Waals surface area contributed by atoms with Crippen LogP contribution in [0.2, 0.25) is 0 Å². The molecule has 0 aromatic carbocycles. The van der Waals surface area contributed by atoms with Crippen LogP contribution in [0.1, 0.15) is 0 Å². The van der Waals surface area contributed by atoms with Gasteiger partial charge in [0.25, 0.3) is 0 Å². The summed E-state index contributed by atoms with van der Waals surface area (Å²) < 4.78 is 0. The molecule has 0 fully saturated rings. The number of rotatable bonds is 0. The molecule has 0 saturated carbocycles. The van der Waals surface area contributed by atoms with Gasteiger partial charge in [-0.15, -0.1) is 0 Å². The van der Waals surface area contributed by atoms with Crippen LogP contribution in [-0.2, 0) is 39.4 Å². The molecule has 0 spiro atoms. The molecule has 4 N–H and O–H groups in total. The molecule has 0 rings (SSSR count). The molecule has 0 aliphatic heterocycles. The molecule has 0 aromatic heterocycles. The molecule has 0 bridgehead atoms. The minimum absolute atomic E-state index is 0. The Balaban J connectivity index is 0. The zero-order chi connectivity index (χ0) is 0. The third-order valence-corrected chi connectivity index (χ3v) is 0. The predicted molar refractivity (Wildman–Crippen MR) is 7.23 cm³/mol. The van der Waals surface area contributed by atoms with Gasteiger partial charge in [0.15, 0.2) is 0 Å². The average Bonchev–Trinajstić information content (AvgIpc) is 0. The van der Waals surface area contributed by atoms with Crippen LogP contribution in [0.15, 0.2) is 0 Å². The van der Waals surface area contributed by atoms with Gasteiger partial charge in [0, 0.05) is 39.4 Å². The molecule has 0 saturated heterocycles. The maximum atomic E-state index is 0. The minimum Gasteiger partial charge on any atom is -0.412 e. The smallest absolute Gasteiger partial charge is 0 e. The zero-order valence-electron chi connectivity index (χ0n) is 1.60. The summed E-state index contributed by atoms with van der Waals surface area (Å²) >= 11 is 0. The summed E-state index contributed by atoms with van der Waals surface area (Å²) in [6.45, 7) is 0. The monoisotopic (exact) mass is 206 g/mol. The van der Waals surface area contributed by atoms with Gasteiger partial charge in [0.05, 0.1) is 0 Å². The van der Waals surface area contributed by atoms with Gasteiger partial charge in [-0.3, -0.25) is 0 Å². The zero-order valence-corrected chi connectivity index (χ0v) is 4.03. The van der Waals surface area contributed by atoms with E-state index in [1.807, 2.05) is 0 Å². The summed E-state index contributed by atoms with van der Waals surface area (Å²) in [5, 5.41) is 0. The van der Waals surface area contributed by atoms with Crippen LogP contribution in [0.5, 0.6) is 0 Å². The van der Waals surface area contributed by atoms with Gasteiger partial charge < -0.3 is 11.0 Å². The molecular weight excluding hydrogens is 203 g/mol. The Kier molecular flexibility index (Phi) is 494. The molecule has 0 aromatic rings. The van der Waals surface area contributed by atoms with Crippen molar-refractivity contribution in [2.45, 2.75) is 0 Å². The van der Waals surface area contributed by atoms with Crippen molar-refractivity contribution >= 4 is 0 Å². The molecular formula is H4AgCuO2. The number of hydrogen-bond donors (Lipinski definition) is 0. The topological polar surface area (TPSA) is 63.0 Å². The van der Waals surface area contributed by atoms with Crippen LogP contribution < -0.4 is 0 Å². The first-order valence-corrected chi connectivity index (χ1v) is 0. The first-order valence-electron chi connectivity index (χ1n) is 0. The van der Waals surface area contributed by atoms with Crippen molar-refractivity contribution in [2.75, 3.05) is 0 Å². The quantitative estimate of drug-likeness (QED) is 0.427. The molecule has 0 unspecified atom stereocenters. The fourth-order valence-corrected chi connectivity index (χ4v) is 0. The van der Waals surface area contributed by atoms with E-state index in [0.717, 1.165) is 0 Å². The van der Waals surface area contributed by atoms with Crippen LogP contribution in [0.4, 0.5) is 0 Å². The fraction of sp³-hybridized carbons (Fsp3) is 0. The van der Waals surface area contributed by atoms with Crippen LogP contribution in [0.3, 0.4) is 0 Å². The van der Waals surface area contributed by atoms with E-state index in [1.165, 1.54) is 0 Å². The Morgan fingerprint density at radius 3 is 0.750 bits per heavy atom. The SMILES string of the molecule is O.O.[Ag].[Cu]. The summed E-state index contributed by atoms with van der Waals surface area (Å²) in [6, 6.07) is 0. The van der Waals surface area contributed by atoms with Gasteiger partial charge in [-0.05, 0) is 0 Å². The van der Waals surface area contributed by atoms with Crippen molar-refractivity contribution < 1.29 is 50.4 Å². The van der Waals surface area contributed by atoms with Gasteiger partial charge in [-0.25, -0.2) is 0 Å². The molecule has 0 aliphatic carbocycles. The van der Waals surface area contributed by atoms with Crippen LogP contribution in [0, 0.1) is 0 Å². The van der Waals surface area contributed by atoms with E-state index in [0.29, 0.717) is 0 Å². The summed E-state index contributed by atoms with van der Waals surface area (Å²) in [5.41, 5.74) is 0. The van der Waals surface area contributed by atoms with E-state index in [2.05, 4.69) is 0 Å². The molecule has 38 valence electrons. The molecule has 4 heavy (non-hydrogen) atoms. The molecule has 0 atom stereocenters. The van der Waals surface area contributed by atoms with E-state index in [4.69, 9.17) is 0 Å². The third-order valence-electron chi connectivity index (χ3n) is 0. The van der Waals surface area contributed by atoms with Gasteiger partial charge in [-0.1, -0.05) is 0 Å². The summed E-state index contributed by atoms with van der Waals surface area (Å²) in [4.78, 5) is 0. The Bertz CT molecular complexity index is 6.00. The van der Waals surface area contributed by atoms with Crippen molar-refractivity contribution in [3.63, 3.8) is 0 Å². The van der Waals surface area contributed by atoms with E-state index < -0.39 is 0 Å². The van der Waals surface area contributed by atoms with Gasteiger partial charge in [0.2, 0.25) is 0 Å². The van der Waals surface area contributed by atoms with E-state index >= 15 is 0 Å². The molecule has 2 nitrogen and oxygen atoms in total. The van der Waals surface area contributed by atoms with E-state index in [1.54, 1.807) is 0 Å². The van der Waals surface area contributed by atoms with Crippen molar-refractivity contribution in [1.29, 1.82) is 0 Å². The molecule has 4 heteroatoms. The van der Waals surface area contributed by atoms with Crippen molar-refractivity contribution in [3.8, 4) is 0 Å². The number of hydrogen-bond acceptors (Lipinski definition) is 0. The van der Waals surface area contributed by atoms with Crippen molar-refractivity contribution in [2.24, 2.45) is 0 Å². The molecule has 0 heterocycles. The third kappa shape index (κ3) is 10.9. The summed E-state index contributed by atoms with van der Waals surface area (Å²) in [6.07, 6.45) is 0. The first kappa shape index (κ1) is 65.0. The van der Waals surface area contributed by atoms with Crippen LogP contribution in [-0.4, -0.2) is 11.0 Å². The average molecular weight is 207 g/mol. The fourth-order valence-electron chi connectivity index (χ4n) is 0. The standard InChI is InChI=1S/Ag.Cu.2H2O/h;;2*1H2. The van der Waals surface area contributed by atoms with Crippen molar-refractivity contribution in [1.82, 2.24) is 0 Å². The van der Waals surface area contributed by atoms with Crippen molar-refractivity contribution in [3.05, 3.63) is 0 Å².